The summed E-state index contributed by atoms with van der Waals surface area (Å²) in [6.45, 7) is 2.27. The van der Waals surface area contributed by atoms with Crippen LogP contribution in [0.15, 0.2) is 84.9 Å². The Morgan fingerprint density at radius 2 is 1.39 bits per heavy atom. The molecule has 1 unspecified atom stereocenters. The Balaban J connectivity index is 0.000000317. The van der Waals surface area contributed by atoms with Crippen molar-refractivity contribution in [1.82, 2.24) is 0 Å². The van der Waals surface area contributed by atoms with E-state index in [4.69, 9.17) is 28.8 Å². The standard InChI is InChI=1S/C28H36O15.C16H14O3/c1-11-21(34)23(36)25(38)27(40-11)43-26-24(37)22(35)19(10-29)42-28(26)41-13-8-16(32)20(17(33)9-13)14(30)5-3-12-4-6-18(39-2)15(31)7-12;1-11(16(18)19)13-8-5-9-14(10-13)15(17)12-6-3-2-4-7-12/h4,6-9,11,19,21-29,31-38H,3,5,10H2,1-2H3;2-11H,1H3,(H,18,19)/t11-,19+,21-,22+,23+,24-,25+,26+,27-,28+;/m0./s1. The van der Waals surface area contributed by atoms with Crippen LogP contribution in [0.25, 0.3) is 0 Å². The molecule has 2 aliphatic rings. The fraction of sp³-hybridized carbons (Fsp3) is 0.386. The summed E-state index contributed by atoms with van der Waals surface area (Å²) in [4.78, 5) is 36.1. The minimum Gasteiger partial charge on any atom is -0.507 e. The molecule has 2 fully saturated rings. The smallest absolute Gasteiger partial charge is 0.310 e. The number of methoxy groups -OCH3 is 1. The highest BCUT2D eigenvalue weighted by Gasteiger charge is 2.51. The molecule has 2 saturated heterocycles. The summed E-state index contributed by atoms with van der Waals surface area (Å²) in [5.74, 6) is -3.65. The Kier molecular flexibility index (Phi) is 16.0. The number of aromatic hydroxyl groups is 3. The number of phenolic OH excluding ortho intramolecular Hbond substituents is 3. The van der Waals surface area contributed by atoms with Gasteiger partial charge in [-0.3, -0.25) is 14.4 Å². The van der Waals surface area contributed by atoms with E-state index < -0.39 is 103 Å². The zero-order valence-electron chi connectivity index (χ0n) is 33.8. The highest BCUT2D eigenvalue weighted by Crippen LogP contribution is 2.37. The zero-order valence-corrected chi connectivity index (χ0v) is 33.8. The first-order valence-corrected chi connectivity index (χ1v) is 19.5. The van der Waals surface area contributed by atoms with Crippen molar-refractivity contribution in [2.45, 2.75) is 94.0 Å². The quantitative estimate of drug-likeness (QED) is 0.0808. The number of aliphatic hydroxyl groups is 6. The molecular formula is C44H50O18. The van der Waals surface area contributed by atoms with Crippen molar-refractivity contribution in [3.8, 4) is 28.7 Å². The van der Waals surface area contributed by atoms with E-state index in [1.807, 2.05) is 6.07 Å². The van der Waals surface area contributed by atoms with Gasteiger partial charge in [0.2, 0.25) is 6.29 Å². The number of benzene rings is 4. The molecule has 0 radical (unpaired) electrons. The largest absolute Gasteiger partial charge is 0.507 e. The topological polar surface area (TPSA) is 300 Å². The maximum Gasteiger partial charge on any atom is 0.310 e. The number of phenols is 3. The molecule has 10 N–H and O–H groups in total. The number of carboxylic acid groups (broad SMARTS) is 1. The van der Waals surface area contributed by atoms with Gasteiger partial charge < -0.3 is 74.7 Å². The number of carbonyl (C=O) groups is 3. The predicted molar refractivity (Wildman–Crippen MR) is 215 cm³/mol. The molecule has 0 aromatic heterocycles. The molecule has 2 aliphatic heterocycles. The van der Waals surface area contributed by atoms with Crippen molar-refractivity contribution in [1.29, 1.82) is 0 Å². The molecule has 4 aromatic carbocycles. The normalized spacial score (nSPS) is 26.3. The van der Waals surface area contributed by atoms with Crippen LogP contribution in [-0.4, -0.2) is 144 Å². The van der Waals surface area contributed by atoms with Crippen molar-refractivity contribution in [2.75, 3.05) is 13.7 Å². The molecule has 18 nitrogen and oxygen atoms in total. The van der Waals surface area contributed by atoms with Crippen LogP contribution in [0.4, 0.5) is 0 Å². The van der Waals surface area contributed by atoms with Gasteiger partial charge in [0.25, 0.3) is 0 Å². The van der Waals surface area contributed by atoms with Crippen LogP contribution in [-0.2, 0) is 25.4 Å². The summed E-state index contributed by atoms with van der Waals surface area (Å²) in [7, 11) is 1.40. The minimum atomic E-state index is -1.79. The second-order valence-corrected chi connectivity index (χ2v) is 14.8. The molecule has 6 rings (SSSR count). The number of rotatable bonds is 14. The van der Waals surface area contributed by atoms with Crippen LogP contribution >= 0.6 is 0 Å². The van der Waals surface area contributed by atoms with Crippen LogP contribution < -0.4 is 9.47 Å². The Labute approximate surface area is 355 Å². The SMILES string of the molecule is CC(C(=O)O)c1cccc(C(=O)c2ccccc2)c1.COc1ccc(CCC(=O)c2c(O)cc(O[C@@H]3O[C@H](CO)[C@@H](O)[C@H](O)[C@H]3O[C@@H]3O[C@@H](C)[C@H](O)[C@@H](O)[C@H]3O)cc2O)cc1O. The highest BCUT2D eigenvalue weighted by atomic mass is 16.8. The van der Waals surface area contributed by atoms with E-state index >= 15 is 0 Å². The second-order valence-electron chi connectivity index (χ2n) is 14.8. The van der Waals surface area contributed by atoms with E-state index in [0.29, 0.717) is 22.3 Å². The number of Topliss-reactive ketones (excluding diaryl/α,β-unsaturated/α-hetero) is 1. The number of carboxylic acids is 1. The third kappa shape index (κ3) is 11.0. The van der Waals surface area contributed by atoms with Crippen molar-refractivity contribution >= 4 is 17.5 Å². The number of hydrogen-bond acceptors (Lipinski definition) is 17. The van der Waals surface area contributed by atoms with E-state index in [-0.39, 0.29) is 35.9 Å². The molecule has 0 amide bonds. The maximum atomic E-state index is 12.9. The lowest BCUT2D eigenvalue weighted by atomic mass is 9.96. The van der Waals surface area contributed by atoms with Gasteiger partial charge >= 0.3 is 5.97 Å². The third-order valence-electron chi connectivity index (χ3n) is 10.5. The Bertz CT molecular complexity index is 2140. The van der Waals surface area contributed by atoms with Gasteiger partial charge in [0.05, 0.1) is 25.7 Å². The van der Waals surface area contributed by atoms with Gasteiger partial charge in [0, 0.05) is 29.7 Å². The van der Waals surface area contributed by atoms with Gasteiger partial charge in [-0.2, -0.15) is 0 Å². The lowest BCUT2D eigenvalue weighted by molar-refractivity contribution is -0.354. The molecular weight excluding hydrogens is 816 g/mol. The first kappa shape index (κ1) is 47.4. The number of aliphatic carboxylic acids is 1. The summed E-state index contributed by atoms with van der Waals surface area (Å²) < 4.78 is 27.2. The van der Waals surface area contributed by atoms with Crippen LogP contribution in [0.1, 0.15) is 63.6 Å². The molecule has 2 heterocycles. The van der Waals surface area contributed by atoms with Gasteiger partial charge in [-0.05, 0) is 49.6 Å². The van der Waals surface area contributed by atoms with Gasteiger partial charge in [-0.25, -0.2) is 0 Å². The average molecular weight is 867 g/mol. The summed E-state index contributed by atoms with van der Waals surface area (Å²) in [6, 6.07) is 22.3. The molecule has 18 heteroatoms. The average Bonchev–Trinajstić information content (AvgIpc) is 3.26. The van der Waals surface area contributed by atoms with E-state index in [0.717, 1.165) is 12.1 Å². The van der Waals surface area contributed by atoms with Gasteiger partial charge in [0.1, 0.15) is 59.4 Å². The predicted octanol–water partition coefficient (Wildman–Crippen LogP) is 1.76. The molecule has 11 atom stereocenters. The molecule has 62 heavy (non-hydrogen) atoms. The molecule has 0 bridgehead atoms. The van der Waals surface area contributed by atoms with E-state index in [9.17, 15) is 60.3 Å². The lowest BCUT2D eigenvalue weighted by Gasteiger charge is -2.45. The Morgan fingerprint density at radius 3 is 2.00 bits per heavy atom. The molecule has 334 valence electrons. The van der Waals surface area contributed by atoms with Crippen LogP contribution in [0.5, 0.6) is 28.7 Å². The Hall–Kier alpha value is -5.67. The van der Waals surface area contributed by atoms with Gasteiger partial charge in [0.15, 0.2) is 35.5 Å². The monoisotopic (exact) mass is 866 g/mol. The van der Waals surface area contributed by atoms with Crippen LogP contribution in [0.2, 0.25) is 0 Å². The minimum absolute atomic E-state index is 0.0972. The molecule has 0 spiro atoms. The van der Waals surface area contributed by atoms with Crippen LogP contribution in [0.3, 0.4) is 0 Å². The van der Waals surface area contributed by atoms with E-state index in [2.05, 4.69) is 0 Å². The number of hydrogen-bond donors (Lipinski definition) is 10. The maximum absolute atomic E-state index is 12.9. The van der Waals surface area contributed by atoms with Crippen molar-refractivity contribution in [2.24, 2.45) is 0 Å². The molecule has 0 aliphatic carbocycles. The van der Waals surface area contributed by atoms with Crippen molar-refractivity contribution < 1.29 is 89.1 Å². The zero-order chi connectivity index (χ0) is 45.4. The van der Waals surface area contributed by atoms with Crippen LogP contribution in [0, 0.1) is 0 Å². The summed E-state index contributed by atoms with van der Waals surface area (Å²) in [5.41, 5.74) is 1.95. The second kappa shape index (κ2) is 20.9. The van der Waals surface area contributed by atoms with Gasteiger partial charge in [-0.15, -0.1) is 0 Å². The fourth-order valence-electron chi connectivity index (χ4n) is 6.77. The third-order valence-corrected chi connectivity index (χ3v) is 10.5. The highest BCUT2D eigenvalue weighted by molar-refractivity contribution is 6.09. The summed E-state index contributed by atoms with van der Waals surface area (Å²) in [6.07, 6.45) is -15.5. The number of aryl methyl sites for hydroxylation is 1. The molecule has 0 saturated carbocycles. The van der Waals surface area contributed by atoms with Gasteiger partial charge in [-0.1, -0.05) is 54.6 Å². The lowest BCUT2D eigenvalue weighted by Crippen LogP contribution is -2.64. The first-order chi connectivity index (χ1) is 29.4. The van der Waals surface area contributed by atoms with Crippen molar-refractivity contribution in [3.05, 3.63) is 113 Å². The van der Waals surface area contributed by atoms with Crippen molar-refractivity contribution in [3.63, 3.8) is 0 Å². The van der Waals surface area contributed by atoms with E-state index in [1.165, 1.54) is 26.2 Å². The Morgan fingerprint density at radius 1 is 0.726 bits per heavy atom. The first-order valence-electron chi connectivity index (χ1n) is 19.5. The number of carbonyl (C=O) groups excluding carboxylic acids is 2. The number of ether oxygens (including phenoxy) is 5. The summed E-state index contributed by atoms with van der Waals surface area (Å²) in [5, 5.41) is 101. The van der Waals surface area contributed by atoms with E-state index in [1.54, 1.807) is 61.5 Å². The fourth-order valence-corrected chi connectivity index (χ4v) is 6.77. The number of ketones is 2. The summed E-state index contributed by atoms with van der Waals surface area (Å²) >= 11 is 0. The molecule has 4 aromatic rings. The number of aliphatic hydroxyl groups excluding tert-OH is 6.